The number of nitrogens with one attached hydrogen (secondary N) is 1. The lowest BCUT2D eigenvalue weighted by Gasteiger charge is -2.36. The molecular formula is C22H23F2N3O5. The summed E-state index contributed by atoms with van der Waals surface area (Å²) in [7, 11) is 0. The number of nitrogens with zero attached hydrogens (tertiary/aromatic N) is 2. The number of amides is 2. The van der Waals surface area contributed by atoms with Crippen molar-refractivity contribution in [2.75, 3.05) is 6.61 Å². The van der Waals surface area contributed by atoms with Crippen molar-refractivity contribution in [3.8, 4) is 5.75 Å². The Morgan fingerprint density at radius 3 is 2.72 bits per heavy atom. The van der Waals surface area contributed by atoms with Crippen molar-refractivity contribution >= 4 is 11.8 Å². The van der Waals surface area contributed by atoms with Crippen molar-refractivity contribution in [1.82, 2.24) is 14.8 Å². The van der Waals surface area contributed by atoms with E-state index in [1.165, 1.54) is 16.8 Å². The van der Waals surface area contributed by atoms with Crippen molar-refractivity contribution in [2.45, 2.75) is 45.6 Å². The van der Waals surface area contributed by atoms with Crippen LogP contribution >= 0.6 is 0 Å². The molecular weight excluding hydrogens is 424 g/mol. The third-order valence-electron chi connectivity index (χ3n) is 5.86. The summed E-state index contributed by atoms with van der Waals surface area (Å²) in [5.41, 5.74) is -0.858. The van der Waals surface area contributed by atoms with Crippen LogP contribution in [0.25, 0.3) is 0 Å². The molecule has 1 aromatic carbocycles. The van der Waals surface area contributed by atoms with Gasteiger partial charge in [-0.15, -0.1) is 0 Å². The molecule has 0 bridgehead atoms. The van der Waals surface area contributed by atoms with Gasteiger partial charge in [0.05, 0.1) is 25.6 Å². The molecule has 10 heteroatoms. The zero-order valence-corrected chi connectivity index (χ0v) is 17.6. The lowest BCUT2D eigenvalue weighted by atomic mass is 10.0. The van der Waals surface area contributed by atoms with Crippen LogP contribution in [0.1, 0.15) is 35.5 Å². The molecule has 2 aliphatic rings. The molecule has 32 heavy (non-hydrogen) atoms. The Labute approximate surface area is 182 Å². The molecule has 4 rings (SSSR count). The minimum atomic E-state index is -0.813. The molecule has 2 N–H and O–H groups in total. The summed E-state index contributed by atoms with van der Waals surface area (Å²) in [4.78, 5) is 39.5. The van der Waals surface area contributed by atoms with Crippen LogP contribution in [0.3, 0.4) is 0 Å². The van der Waals surface area contributed by atoms with Gasteiger partial charge in [0.15, 0.2) is 17.7 Å². The van der Waals surface area contributed by atoms with Crippen LogP contribution < -0.4 is 10.7 Å². The topological polar surface area (TPSA) is 101 Å². The van der Waals surface area contributed by atoms with Gasteiger partial charge in [0.1, 0.15) is 11.6 Å². The Hall–Kier alpha value is -3.27. The molecule has 1 saturated heterocycles. The molecule has 0 spiro atoms. The number of rotatable bonds is 5. The highest BCUT2D eigenvalue weighted by Gasteiger charge is 2.45. The molecule has 2 amide bonds. The van der Waals surface area contributed by atoms with E-state index in [2.05, 4.69) is 5.32 Å². The molecule has 3 heterocycles. The maximum atomic E-state index is 13.7. The van der Waals surface area contributed by atoms with Gasteiger partial charge in [0.2, 0.25) is 11.3 Å². The van der Waals surface area contributed by atoms with Crippen molar-refractivity contribution < 1.29 is 28.2 Å². The molecule has 1 aromatic heterocycles. The Morgan fingerprint density at radius 1 is 1.28 bits per heavy atom. The van der Waals surface area contributed by atoms with Gasteiger partial charge in [-0.2, -0.15) is 0 Å². The highest BCUT2D eigenvalue weighted by Crippen LogP contribution is 2.32. The second kappa shape index (κ2) is 8.34. The number of pyridine rings is 1. The normalized spacial score (nSPS) is 19.8. The van der Waals surface area contributed by atoms with E-state index in [4.69, 9.17) is 4.74 Å². The minimum absolute atomic E-state index is 0.0111. The van der Waals surface area contributed by atoms with Crippen LogP contribution in [0.2, 0.25) is 0 Å². The summed E-state index contributed by atoms with van der Waals surface area (Å²) >= 11 is 0. The molecule has 2 atom stereocenters. The first-order valence-electron chi connectivity index (χ1n) is 10.3. The zero-order chi connectivity index (χ0) is 23.2. The molecule has 2 aromatic rings. The largest absolute Gasteiger partial charge is 0.503 e. The third-order valence-corrected chi connectivity index (χ3v) is 5.86. The number of carbonyl (C=O) groups excluding carboxylic acids is 2. The van der Waals surface area contributed by atoms with E-state index < -0.39 is 40.9 Å². The lowest BCUT2D eigenvalue weighted by molar-refractivity contribution is -0.120. The van der Waals surface area contributed by atoms with Crippen LogP contribution in [0, 0.1) is 17.6 Å². The smallest absolute Gasteiger partial charge is 0.276 e. The molecule has 0 radical (unpaired) electrons. The Kier molecular flexibility index (Phi) is 5.72. The summed E-state index contributed by atoms with van der Waals surface area (Å²) in [6, 6.07) is 2.85. The molecule has 1 unspecified atom stereocenters. The minimum Gasteiger partial charge on any atom is -0.503 e. The van der Waals surface area contributed by atoms with Gasteiger partial charge in [-0.05, 0) is 12.0 Å². The molecule has 2 aliphatic heterocycles. The van der Waals surface area contributed by atoms with E-state index in [0.717, 1.165) is 6.07 Å². The van der Waals surface area contributed by atoms with Crippen LogP contribution in [0.4, 0.5) is 8.78 Å². The van der Waals surface area contributed by atoms with Crippen LogP contribution in [0.15, 0.2) is 29.2 Å². The number of carbonyl (C=O) groups is 2. The summed E-state index contributed by atoms with van der Waals surface area (Å²) in [6.45, 7) is 4.31. The van der Waals surface area contributed by atoms with Gasteiger partial charge in [-0.1, -0.05) is 19.9 Å². The first-order valence-corrected chi connectivity index (χ1v) is 10.3. The third kappa shape index (κ3) is 3.86. The summed E-state index contributed by atoms with van der Waals surface area (Å²) in [6.07, 6.45) is 0.469. The standard InChI is InChI=1S/C22H23F2N3O5/c1-11(2)16-10-32-18-9-26-8-13(20(29)21(30)19(26)22(31)27(16)18)5-17(28)25-7-12-3-4-14(23)6-15(12)24/h3-4,6,8,11,16,18,30H,5,7,9-10H2,1-2H3,(H,25,28)/t16-,18?/m0/s1. The molecule has 170 valence electrons. The van der Waals surface area contributed by atoms with E-state index in [-0.39, 0.29) is 48.3 Å². The van der Waals surface area contributed by atoms with Crippen molar-refractivity contribution in [1.29, 1.82) is 0 Å². The first kappa shape index (κ1) is 21.9. The zero-order valence-electron chi connectivity index (χ0n) is 17.6. The van der Waals surface area contributed by atoms with E-state index in [1.54, 1.807) is 4.90 Å². The number of aromatic nitrogens is 1. The number of ether oxygens (including phenoxy) is 1. The van der Waals surface area contributed by atoms with E-state index in [1.807, 2.05) is 13.8 Å². The van der Waals surface area contributed by atoms with E-state index in [0.29, 0.717) is 12.7 Å². The number of hydrogen-bond donors (Lipinski definition) is 2. The van der Waals surface area contributed by atoms with Crippen LogP contribution in [0.5, 0.6) is 5.75 Å². The maximum Gasteiger partial charge on any atom is 0.276 e. The Balaban J connectivity index is 1.53. The monoisotopic (exact) mass is 447 g/mol. The van der Waals surface area contributed by atoms with Crippen molar-refractivity contribution in [3.05, 3.63) is 63.1 Å². The number of fused-ring (bicyclic) bond motifs is 2. The van der Waals surface area contributed by atoms with Gasteiger partial charge in [0, 0.05) is 29.9 Å². The fourth-order valence-electron chi connectivity index (χ4n) is 4.11. The molecule has 1 fully saturated rings. The van der Waals surface area contributed by atoms with Gasteiger partial charge in [-0.25, -0.2) is 8.78 Å². The summed E-state index contributed by atoms with van der Waals surface area (Å²) < 4.78 is 33.9. The lowest BCUT2D eigenvalue weighted by Crippen LogP contribution is -2.50. The molecule has 0 saturated carbocycles. The highest BCUT2D eigenvalue weighted by atomic mass is 19.1. The summed E-state index contributed by atoms with van der Waals surface area (Å²) in [5, 5.41) is 13.0. The second-order valence-electron chi connectivity index (χ2n) is 8.33. The number of halogens is 2. The second-order valence-corrected chi connectivity index (χ2v) is 8.33. The Morgan fingerprint density at radius 2 is 2.03 bits per heavy atom. The molecule has 8 nitrogen and oxygen atoms in total. The number of hydrogen-bond acceptors (Lipinski definition) is 5. The summed E-state index contributed by atoms with van der Waals surface area (Å²) in [5.74, 6) is -3.18. The maximum absolute atomic E-state index is 13.7. The highest BCUT2D eigenvalue weighted by molar-refractivity contribution is 5.96. The van der Waals surface area contributed by atoms with Gasteiger partial charge in [-0.3, -0.25) is 14.4 Å². The van der Waals surface area contributed by atoms with Gasteiger partial charge in [0.25, 0.3) is 5.91 Å². The van der Waals surface area contributed by atoms with Crippen LogP contribution in [-0.2, 0) is 29.0 Å². The predicted molar refractivity (Wildman–Crippen MR) is 109 cm³/mol. The predicted octanol–water partition coefficient (Wildman–Crippen LogP) is 1.53. The van der Waals surface area contributed by atoms with E-state index in [9.17, 15) is 28.3 Å². The van der Waals surface area contributed by atoms with Gasteiger partial charge >= 0.3 is 0 Å². The number of aromatic hydroxyl groups is 1. The fourth-order valence-corrected chi connectivity index (χ4v) is 4.11. The molecule has 0 aliphatic carbocycles. The SMILES string of the molecule is CC(C)[C@@H]1COC2Cn3cc(CC(=O)NCc4ccc(F)cc4F)c(=O)c(O)c3C(=O)N21. The Bertz CT molecular complexity index is 1150. The van der Waals surface area contributed by atoms with Crippen molar-refractivity contribution in [2.24, 2.45) is 5.92 Å². The van der Waals surface area contributed by atoms with Crippen molar-refractivity contribution in [3.63, 3.8) is 0 Å². The number of benzene rings is 1. The average molecular weight is 447 g/mol. The van der Waals surface area contributed by atoms with E-state index >= 15 is 0 Å². The van der Waals surface area contributed by atoms with Gasteiger partial charge < -0.3 is 24.6 Å². The van der Waals surface area contributed by atoms with Crippen LogP contribution in [-0.4, -0.2) is 45.3 Å². The quantitative estimate of drug-likeness (QED) is 0.724. The fraction of sp³-hybridized carbons (Fsp3) is 0.409. The first-order chi connectivity index (χ1) is 15.2. The average Bonchev–Trinajstić information content (AvgIpc) is 3.15.